The van der Waals surface area contributed by atoms with E-state index >= 15 is 0 Å². The molecule has 2 fully saturated rings. The molecule has 0 saturated carbocycles. The van der Waals surface area contributed by atoms with Gasteiger partial charge in [0.25, 0.3) is 0 Å². The van der Waals surface area contributed by atoms with E-state index in [0.717, 1.165) is 5.76 Å². The molecule has 0 amide bonds. The van der Waals surface area contributed by atoms with Crippen LogP contribution >= 0.6 is 12.2 Å². The molecule has 1 aromatic rings. The Morgan fingerprint density at radius 3 is 3.06 bits per heavy atom. The highest BCUT2D eigenvalue weighted by Crippen LogP contribution is 2.25. The molecule has 0 bridgehead atoms. The van der Waals surface area contributed by atoms with Crippen LogP contribution < -0.4 is 5.32 Å². The summed E-state index contributed by atoms with van der Waals surface area (Å²) >= 11 is 5.22. The quantitative estimate of drug-likeness (QED) is 0.773. The maximum absolute atomic E-state index is 11.6. The van der Waals surface area contributed by atoms with Crippen LogP contribution in [-0.2, 0) is 16.4 Å². The lowest BCUT2D eigenvalue weighted by Gasteiger charge is -2.21. The largest absolute Gasteiger partial charge is 0.467 e. The average molecular weight is 272 g/mol. The van der Waals surface area contributed by atoms with Gasteiger partial charge in [-0.2, -0.15) is 0 Å². The number of nitrogens with one attached hydrogen (secondary N) is 1. The molecular weight excluding hydrogens is 260 g/mol. The van der Waals surface area contributed by atoms with Crippen molar-refractivity contribution in [3.8, 4) is 0 Å². The van der Waals surface area contributed by atoms with E-state index in [0.29, 0.717) is 11.7 Å². The molecule has 1 aromatic heterocycles. The number of hydrogen-bond donors (Lipinski definition) is 1. The monoisotopic (exact) mass is 272 g/mol. The van der Waals surface area contributed by atoms with Crippen LogP contribution in [0.1, 0.15) is 5.76 Å². The first-order valence-electron chi connectivity index (χ1n) is 5.35. The Balaban J connectivity index is 1.82. The smallest absolute Gasteiger partial charge is 0.170 e. The van der Waals surface area contributed by atoms with Crippen LogP contribution in [0.5, 0.6) is 0 Å². The predicted octanol–water partition coefficient (Wildman–Crippen LogP) is 0.135. The number of hydrogen-bond acceptors (Lipinski definition) is 4. The van der Waals surface area contributed by atoms with Gasteiger partial charge in [0.15, 0.2) is 14.9 Å². The minimum absolute atomic E-state index is 0.0578. The molecule has 2 atom stereocenters. The van der Waals surface area contributed by atoms with E-state index in [4.69, 9.17) is 16.6 Å². The van der Waals surface area contributed by atoms with Gasteiger partial charge < -0.3 is 14.6 Å². The van der Waals surface area contributed by atoms with Crippen LogP contribution in [0.4, 0.5) is 0 Å². The Labute approximate surface area is 105 Å². The van der Waals surface area contributed by atoms with Gasteiger partial charge in [-0.25, -0.2) is 8.42 Å². The van der Waals surface area contributed by atoms with E-state index in [1.807, 2.05) is 17.0 Å². The Bertz CT molecular complexity index is 538. The molecule has 0 radical (unpaired) electrons. The maximum Gasteiger partial charge on any atom is 0.170 e. The zero-order valence-corrected chi connectivity index (χ0v) is 10.6. The molecule has 2 saturated heterocycles. The molecule has 17 heavy (non-hydrogen) atoms. The summed E-state index contributed by atoms with van der Waals surface area (Å²) < 4.78 is 28.4. The zero-order valence-electron chi connectivity index (χ0n) is 9.00. The molecule has 7 heteroatoms. The van der Waals surface area contributed by atoms with Crippen LogP contribution in [0, 0.1) is 0 Å². The average Bonchev–Trinajstić information content (AvgIpc) is 2.87. The van der Waals surface area contributed by atoms with E-state index < -0.39 is 9.84 Å². The summed E-state index contributed by atoms with van der Waals surface area (Å²) in [4.78, 5) is 1.91. The molecule has 2 aliphatic heterocycles. The van der Waals surface area contributed by atoms with Crippen LogP contribution in [-0.4, -0.2) is 42.0 Å². The summed E-state index contributed by atoms with van der Waals surface area (Å²) in [6, 6.07) is 3.55. The first kappa shape index (κ1) is 11.0. The summed E-state index contributed by atoms with van der Waals surface area (Å²) in [7, 11) is -2.94. The highest BCUT2D eigenvalue weighted by molar-refractivity contribution is 7.91. The molecule has 1 N–H and O–H groups in total. The number of fused-ring (bicyclic) bond motifs is 1. The van der Waals surface area contributed by atoms with Crippen LogP contribution in [0.2, 0.25) is 0 Å². The van der Waals surface area contributed by atoms with Crippen LogP contribution in [0.15, 0.2) is 22.8 Å². The van der Waals surface area contributed by atoms with Crippen molar-refractivity contribution in [1.82, 2.24) is 10.2 Å². The Morgan fingerprint density at radius 2 is 2.35 bits per heavy atom. The minimum Gasteiger partial charge on any atom is -0.467 e. The van der Waals surface area contributed by atoms with E-state index in [-0.39, 0.29) is 23.6 Å². The van der Waals surface area contributed by atoms with Gasteiger partial charge in [-0.1, -0.05) is 0 Å². The molecule has 5 nitrogen and oxygen atoms in total. The van der Waals surface area contributed by atoms with Crippen molar-refractivity contribution in [3.05, 3.63) is 24.2 Å². The third-order valence-electron chi connectivity index (χ3n) is 3.20. The van der Waals surface area contributed by atoms with E-state index in [2.05, 4.69) is 5.32 Å². The molecule has 0 aliphatic carbocycles. The lowest BCUT2D eigenvalue weighted by molar-refractivity contribution is 0.317. The van der Waals surface area contributed by atoms with Crippen molar-refractivity contribution >= 4 is 27.2 Å². The van der Waals surface area contributed by atoms with Crippen LogP contribution in [0.25, 0.3) is 0 Å². The Hall–Kier alpha value is -1.08. The summed E-state index contributed by atoms with van der Waals surface area (Å²) in [5.74, 6) is 1.14. The summed E-state index contributed by atoms with van der Waals surface area (Å²) in [6.45, 7) is 0.523. The Morgan fingerprint density at radius 1 is 1.53 bits per heavy atom. The summed E-state index contributed by atoms with van der Waals surface area (Å²) in [6.07, 6.45) is 1.60. The van der Waals surface area contributed by atoms with Gasteiger partial charge in [0.05, 0.1) is 36.4 Å². The van der Waals surface area contributed by atoms with Crippen molar-refractivity contribution in [1.29, 1.82) is 0 Å². The fraction of sp³-hybridized carbons (Fsp3) is 0.500. The van der Waals surface area contributed by atoms with Gasteiger partial charge in [0, 0.05) is 0 Å². The highest BCUT2D eigenvalue weighted by atomic mass is 32.2. The lowest BCUT2D eigenvalue weighted by atomic mass is 10.2. The second-order valence-corrected chi connectivity index (χ2v) is 6.95. The molecule has 0 spiro atoms. The summed E-state index contributed by atoms with van der Waals surface area (Å²) in [5, 5.41) is 3.69. The number of thiocarbonyl (C=S) groups is 1. The second-order valence-electron chi connectivity index (χ2n) is 4.41. The van der Waals surface area contributed by atoms with Gasteiger partial charge in [0.1, 0.15) is 5.76 Å². The minimum atomic E-state index is -2.94. The topological polar surface area (TPSA) is 62.6 Å². The van der Waals surface area contributed by atoms with Crippen molar-refractivity contribution in [2.24, 2.45) is 0 Å². The van der Waals surface area contributed by atoms with Crippen LogP contribution in [0.3, 0.4) is 0 Å². The number of nitrogens with zero attached hydrogens (tertiary/aromatic N) is 1. The summed E-state index contributed by atoms with van der Waals surface area (Å²) in [5.41, 5.74) is 0. The molecule has 92 valence electrons. The van der Waals surface area contributed by atoms with E-state index in [9.17, 15) is 8.42 Å². The highest BCUT2D eigenvalue weighted by Gasteiger charge is 2.47. The maximum atomic E-state index is 11.6. The predicted molar refractivity (Wildman–Crippen MR) is 66.2 cm³/mol. The normalized spacial score (nSPS) is 30.4. The first-order valence-corrected chi connectivity index (χ1v) is 7.58. The molecule has 0 aromatic carbocycles. The van der Waals surface area contributed by atoms with E-state index in [1.165, 1.54) is 0 Å². The second kappa shape index (κ2) is 3.71. The number of rotatable bonds is 2. The lowest BCUT2D eigenvalue weighted by Crippen LogP contribution is -2.36. The fourth-order valence-electron chi connectivity index (χ4n) is 2.43. The fourth-order valence-corrected chi connectivity index (χ4v) is 4.70. The Kier molecular flexibility index (Phi) is 2.41. The number of furan rings is 1. The first-order chi connectivity index (χ1) is 8.05. The van der Waals surface area contributed by atoms with Gasteiger partial charge in [0.2, 0.25) is 0 Å². The molecule has 2 aliphatic rings. The molecular formula is C10H12N2O3S2. The van der Waals surface area contributed by atoms with Crippen molar-refractivity contribution in [2.75, 3.05) is 11.5 Å². The third-order valence-corrected chi connectivity index (χ3v) is 5.27. The van der Waals surface area contributed by atoms with Gasteiger partial charge in [-0.05, 0) is 24.4 Å². The SMILES string of the molecule is O=S1(=O)C[C@@H]2[C@@H](C1)NC(=S)N2Cc1ccco1. The van der Waals surface area contributed by atoms with Crippen molar-refractivity contribution < 1.29 is 12.8 Å². The van der Waals surface area contributed by atoms with Gasteiger partial charge in [-0.15, -0.1) is 0 Å². The standard InChI is InChI=1S/C10H12N2O3S2/c13-17(14)5-8-9(6-17)12(10(16)11-8)4-7-2-1-3-15-7/h1-3,8-9H,4-6H2,(H,11,16)/t8-,9-/m1/s1. The van der Waals surface area contributed by atoms with Gasteiger partial charge >= 0.3 is 0 Å². The zero-order chi connectivity index (χ0) is 12.0. The molecule has 3 rings (SSSR count). The third kappa shape index (κ3) is 1.93. The molecule has 0 unspecified atom stereocenters. The van der Waals surface area contributed by atoms with Crippen molar-refractivity contribution in [3.63, 3.8) is 0 Å². The number of sulfone groups is 1. The van der Waals surface area contributed by atoms with Crippen molar-refractivity contribution in [2.45, 2.75) is 18.6 Å². The molecule has 3 heterocycles. The van der Waals surface area contributed by atoms with Gasteiger partial charge in [-0.3, -0.25) is 0 Å². The van der Waals surface area contributed by atoms with E-state index in [1.54, 1.807) is 6.26 Å².